The van der Waals surface area contributed by atoms with Crippen molar-refractivity contribution in [2.45, 2.75) is 18.6 Å². The van der Waals surface area contributed by atoms with Crippen LogP contribution in [-0.4, -0.2) is 34.3 Å². The molecule has 0 radical (unpaired) electrons. The number of hydrogen-bond acceptors (Lipinski definition) is 7. The molecule has 0 bridgehead atoms. The Kier molecular flexibility index (Phi) is 6.74. The molecule has 0 saturated heterocycles. The van der Waals surface area contributed by atoms with Crippen LogP contribution in [0.2, 0.25) is 0 Å². The van der Waals surface area contributed by atoms with Gasteiger partial charge in [-0.1, -0.05) is 35.5 Å². The van der Waals surface area contributed by atoms with Crippen molar-refractivity contribution >= 4 is 27.6 Å². The lowest BCUT2D eigenvalue weighted by Gasteiger charge is -2.13. The van der Waals surface area contributed by atoms with Crippen molar-refractivity contribution in [3.63, 3.8) is 0 Å². The van der Waals surface area contributed by atoms with Crippen LogP contribution in [0, 0.1) is 11.8 Å². The molecule has 5 N–H and O–H groups in total. The van der Waals surface area contributed by atoms with Crippen molar-refractivity contribution in [3.05, 3.63) is 69.8 Å². The predicted molar refractivity (Wildman–Crippen MR) is 124 cm³/mol. The molecule has 176 valence electrons. The number of benzene rings is 2. The summed E-state index contributed by atoms with van der Waals surface area (Å²) in [6.07, 6.45) is -4.00. The third kappa shape index (κ3) is 5.48. The third-order valence-electron chi connectivity index (χ3n) is 4.89. The number of halogens is 3. The van der Waals surface area contributed by atoms with E-state index in [-0.39, 0.29) is 12.6 Å². The maximum absolute atomic E-state index is 12.7. The molecule has 0 unspecified atom stereocenters. The van der Waals surface area contributed by atoms with Crippen LogP contribution in [0.4, 0.5) is 18.3 Å². The normalized spacial score (nSPS) is 12.4. The smallest absolute Gasteiger partial charge is 0.408 e. The minimum atomic E-state index is -4.38. The molecule has 0 fully saturated rings. The Labute approximate surface area is 195 Å². The van der Waals surface area contributed by atoms with Crippen LogP contribution in [0.3, 0.4) is 0 Å². The van der Waals surface area contributed by atoms with Gasteiger partial charge in [0, 0.05) is 12.6 Å². The first-order chi connectivity index (χ1) is 16.2. The van der Waals surface area contributed by atoms with Gasteiger partial charge in [-0.25, -0.2) is 9.78 Å². The quantitative estimate of drug-likeness (QED) is 0.308. The highest BCUT2D eigenvalue weighted by Crippen LogP contribution is 2.34. The summed E-state index contributed by atoms with van der Waals surface area (Å²) in [6.45, 7) is -0.00395. The summed E-state index contributed by atoms with van der Waals surface area (Å²) in [5.41, 5.74) is 8.28. The first kappa shape index (κ1) is 23.6. The molecule has 7 nitrogen and oxygen atoms in total. The summed E-state index contributed by atoms with van der Waals surface area (Å²) in [7, 11) is 0. The predicted octanol–water partition coefficient (Wildman–Crippen LogP) is 3.59. The first-order valence-corrected chi connectivity index (χ1v) is 10.9. The molecule has 4 aromatic rings. The van der Waals surface area contributed by atoms with Gasteiger partial charge in [-0.3, -0.25) is 4.98 Å². The van der Waals surface area contributed by atoms with Crippen LogP contribution < -0.4 is 16.8 Å². The molecule has 0 aliphatic heterocycles. The molecular formula is C23H19F3N4O3S. The lowest BCUT2D eigenvalue weighted by atomic mass is 10.0. The molecule has 4 rings (SSSR count). The Balaban J connectivity index is 1.48. The minimum Gasteiger partial charge on any atom is -0.408 e. The number of thiazole rings is 1. The van der Waals surface area contributed by atoms with E-state index in [9.17, 15) is 18.0 Å². The molecule has 2 heterocycles. The highest BCUT2D eigenvalue weighted by molar-refractivity contribution is 7.19. The molecular weight excluding hydrogens is 469 g/mol. The Morgan fingerprint density at radius 3 is 2.71 bits per heavy atom. The van der Waals surface area contributed by atoms with Gasteiger partial charge in [-0.05, 0) is 47.7 Å². The maximum atomic E-state index is 12.7. The summed E-state index contributed by atoms with van der Waals surface area (Å²) in [5, 5.41) is 12.8. The van der Waals surface area contributed by atoms with Gasteiger partial charge in [0.2, 0.25) is 0 Å². The SMILES string of the molecule is N[C@H](CNc1nc(C#CCO)c(-c2ccc3[nH]c(=O)oc3c2)s1)Cc1ccc(C(F)(F)F)cc1. The fourth-order valence-corrected chi connectivity index (χ4v) is 4.23. The molecule has 0 saturated carbocycles. The van der Waals surface area contributed by atoms with Crippen molar-refractivity contribution in [1.82, 2.24) is 9.97 Å². The van der Waals surface area contributed by atoms with Gasteiger partial charge in [-0.2, -0.15) is 13.2 Å². The molecule has 2 aromatic carbocycles. The summed E-state index contributed by atoms with van der Waals surface area (Å²) in [5.74, 6) is 4.84. The van der Waals surface area contributed by atoms with Crippen LogP contribution >= 0.6 is 11.3 Å². The molecule has 1 atom stereocenters. The number of nitrogens with one attached hydrogen (secondary N) is 2. The number of rotatable bonds is 6. The molecule has 2 aromatic heterocycles. The van der Waals surface area contributed by atoms with Crippen LogP contribution in [-0.2, 0) is 12.6 Å². The number of anilines is 1. The van der Waals surface area contributed by atoms with E-state index in [1.54, 1.807) is 18.2 Å². The second-order valence-corrected chi connectivity index (χ2v) is 8.42. The number of hydrogen-bond donors (Lipinski definition) is 4. The second-order valence-electron chi connectivity index (χ2n) is 7.42. The third-order valence-corrected chi connectivity index (χ3v) is 5.95. The maximum Gasteiger partial charge on any atom is 0.417 e. The van der Waals surface area contributed by atoms with E-state index in [0.717, 1.165) is 17.7 Å². The van der Waals surface area contributed by atoms with E-state index in [2.05, 4.69) is 27.1 Å². The van der Waals surface area contributed by atoms with E-state index >= 15 is 0 Å². The number of aromatic amines is 1. The molecule has 0 amide bonds. The number of aliphatic hydroxyl groups excluding tert-OH is 1. The summed E-state index contributed by atoms with van der Waals surface area (Å²) in [4.78, 5) is 19.2. The topological polar surface area (TPSA) is 117 Å². The monoisotopic (exact) mass is 488 g/mol. The zero-order valence-electron chi connectivity index (χ0n) is 17.6. The Morgan fingerprint density at radius 2 is 2.00 bits per heavy atom. The van der Waals surface area contributed by atoms with Gasteiger partial charge in [-0.15, -0.1) is 0 Å². The highest BCUT2D eigenvalue weighted by atomic mass is 32.1. The van der Waals surface area contributed by atoms with Gasteiger partial charge in [0.25, 0.3) is 0 Å². The highest BCUT2D eigenvalue weighted by Gasteiger charge is 2.30. The molecule has 34 heavy (non-hydrogen) atoms. The number of nitrogens with two attached hydrogens (primary N) is 1. The molecule has 0 aliphatic rings. The van der Waals surface area contributed by atoms with Crippen molar-refractivity contribution in [1.29, 1.82) is 0 Å². The summed E-state index contributed by atoms with van der Waals surface area (Å²) < 4.78 is 43.3. The van der Waals surface area contributed by atoms with E-state index in [1.807, 2.05) is 0 Å². The van der Waals surface area contributed by atoms with E-state index < -0.39 is 17.5 Å². The number of alkyl halides is 3. The Bertz CT molecular complexity index is 1410. The Morgan fingerprint density at radius 1 is 1.24 bits per heavy atom. The van der Waals surface area contributed by atoms with Crippen molar-refractivity contribution < 1.29 is 22.7 Å². The van der Waals surface area contributed by atoms with E-state index in [1.165, 1.54) is 23.5 Å². The van der Waals surface area contributed by atoms with E-state index in [4.69, 9.17) is 15.3 Å². The van der Waals surface area contributed by atoms with Gasteiger partial charge in [0.05, 0.1) is 16.0 Å². The van der Waals surface area contributed by atoms with Crippen molar-refractivity contribution in [3.8, 4) is 22.3 Å². The zero-order chi connectivity index (χ0) is 24.3. The Hall–Kier alpha value is -3.59. The van der Waals surface area contributed by atoms with Gasteiger partial charge in [0.1, 0.15) is 12.3 Å². The standard InChI is InChI=1S/C23H19F3N4O3S/c24-23(25,26)15-6-3-13(4-7-15)10-16(27)12-28-21-29-18(2-1-9-31)20(34-21)14-5-8-17-19(11-14)33-22(32)30-17/h3-8,11,16,31H,9-10,12,27H2,(H,28,29)(H,30,32)/t16-/m0/s1. The number of aromatic nitrogens is 2. The number of oxazole rings is 1. The lowest BCUT2D eigenvalue weighted by Crippen LogP contribution is -2.31. The van der Waals surface area contributed by atoms with E-state index in [0.29, 0.717) is 45.3 Å². The second kappa shape index (κ2) is 9.72. The molecule has 0 spiro atoms. The number of H-pyrrole nitrogens is 1. The lowest BCUT2D eigenvalue weighted by molar-refractivity contribution is -0.137. The van der Waals surface area contributed by atoms with Crippen molar-refractivity contribution in [2.75, 3.05) is 18.5 Å². The molecule has 11 heteroatoms. The molecule has 0 aliphatic carbocycles. The van der Waals surface area contributed by atoms with Crippen LogP contribution in [0.1, 0.15) is 16.8 Å². The van der Waals surface area contributed by atoms with Gasteiger partial charge >= 0.3 is 11.9 Å². The largest absolute Gasteiger partial charge is 0.417 e. The van der Waals surface area contributed by atoms with Crippen LogP contribution in [0.5, 0.6) is 0 Å². The minimum absolute atomic E-state index is 0.326. The fourth-order valence-electron chi connectivity index (χ4n) is 3.31. The van der Waals surface area contributed by atoms with Crippen LogP contribution in [0.15, 0.2) is 51.7 Å². The summed E-state index contributed by atoms with van der Waals surface area (Å²) >= 11 is 1.31. The number of nitrogens with zero attached hydrogens (tertiary/aromatic N) is 1. The number of fused-ring (bicyclic) bond motifs is 1. The average Bonchev–Trinajstić information content (AvgIpc) is 3.37. The van der Waals surface area contributed by atoms with Crippen molar-refractivity contribution in [2.24, 2.45) is 5.73 Å². The fraction of sp³-hybridized carbons (Fsp3) is 0.217. The van der Waals surface area contributed by atoms with Gasteiger partial charge in [0.15, 0.2) is 10.7 Å². The van der Waals surface area contributed by atoms with Gasteiger partial charge < -0.3 is 20.6 Å². The summed E-state index contributed by atoms with van der Waals surface area (Å²) in [6, 6.07) is 9.75. The van der Waals surface area contributed by atoms with Crippen LogP contribution in [0.25, 0.3) is 21.5 Å². The average molecular weight is 488 g/mol. The first-order valence-electron chi connectivity index (χ1n) is 10.1. The zero-order valence-corrected chi connectivity index (χ0v) is 18.4. The number of aliphatic hydroxyl groups is 1.